The van der Waals surface area contributed by atoms with Crippen molar-refractivity contribution in [3.63, 3.8) is 0 Å². The molecule has 4 aromatic rings. The van der Waals surface area contributed by atoms with Crippen molar-refractivity contribution in [2.45, 2.75) is 87.0 Å². The number of aromatic nitrogens is 3. The smallest absolute Gasteiger partial charge is 0.290 e. The van der Waals surface area contributed by atoms with Crippen LogP contribution >= 0.6 is 11.3 Å². The lowest BCUT2D eigenvalue weighted by molar-refractivity contribution is -0.130. The van der Waals surface area contributed by atoms with E-state index in [2.05, 4.69) is 66.2 Å². The van der Waals surface area contributed by atoms with E-state index in [9.17, 15) is 14.9 Å². The number of H-pyrrole nitrogens is 1. The molecule has 0 unspecified atom stereocenters. The molecule has 0 aliphatic rings. The van der Waals surface area contributed by atoms with Gasteiger partial charge in [0, 0.05) is 26.2 Å². The van der Waals surface area contributed by atoms with Gasteiger partial charge in [-0.3, -0.25) is 9.59 Å². The molecule has 0 fully saturated rings. The summed E-state index contributed by atoms with van der Waals surface area (Å²) in [5.41, 5.74) is 2.21. The number of likely N-dealkylation sites (N-methyl/N-ethyl adjacent to an activating group) is 1. The van der Waals surface area contributed by atoms with E-state index in [1.165, 1.54) is 17.7 Å². The number of nitriles is 1. The number of benzene rings is 1. The third kappa shape index (κ3) is 8.11. The first-order valence-corrected chi connectivity index (χ1v) is 16.1. The molecule has 3 heterocycles. The Labute approximate surface area is 274 Å². The second-order valence-electron chi connectivity index (χ2n) is 14.5. The first-order valence-electron chi connectivity index (χ1n) is 15.3. The predicted octanol–water partition coefficient (Wildman–Crippen LogP) is 6.68. The van der Waals surface area contributed by atoms with Gasteiger partial charge < -0.3 is 24.2 Å². The van der Waals surface area contributed by atoms with Gasteiger partial charge in [0.05, 0.1) is 32.5 Å². The Morgan fingerprint density at radius 1 is 1.17 bits per heavy atom. The van der Waals surface area contributed by atoms with E-state index in [1.54, 1.807) is 30.3 Å². The number of thiophene rings is 1. The summed E-state index contributed by atoms with van der Waals surface area (Å²) in [6, 6.07) is 12.1. The van der Waals surface area contributed by atoms with Crippen LogP contribution < -0.4 is 10.9 Å². The van der Waals surface area contributed by atoms with E-state index in [-0.39, 0.29) is 22.3 Å². The summed E-state index contributed by atoms with van der Waals surface area (Å²) in [6.07, 6.45) is 4.65. The molecule has 1 atom stereocenters. The number of oxazole rings is 1. The van der Waals surface area contributed by atoms with Crippen LogP contribution in [0.1, 0.15) is 77.5 Å². The van der Waals surface area contributed by atoms with Gasteiger partial charge >= 0.3 is 0 Å². The topological polar surface area (TPSA) is 132 Å². The summed E-state index contributed by atoms with van der Waals surface area (Å²) in [5, 5.41) is 13.4. The molecule has 2 amide bonds. The fourth-order valence-electron chi connectivity index (χ4n) is 4.75. The number of nitrogens with zero attached hydrogens (tertiary/aromatic N) is 5. The molecular formula is C35H45N7O3S. The van der Waals surface area contributed by atoms with Crippen LogP contribution in [0.4, 0.5) is 0 Å². The van der Waals surface area contributed by atoms with Crippen molar-refractivity contribution >= 4 is 34.2 Å². The Bertz CT molecular complexity index is 1850. The van der Waals surface area contributed by atoms with Gasteiger partial charge in [0.2, 0.25) is 5.62 Å². The average Bonchev–Trinajstić information content (AvgIpc) is 3.73. The van der Waals surface area contributed by atoms with Crippen molar-refractivity contribution in [2.75, 3.05) is 7.05 Å². The molecule has 0 bridgehead atoms. The minimum Gasteiger partial charge on any atom is -0.443 e. The molecule has 0 saturated carbocycles. The second-order valence-corrected chi connectivity index (χ2v) is 15.6. The Hall–Kier alpha value is -4.27. The summed E-state index contributed by atoms with van der Waals surface area (Å²) < 4.78 is 7.31. The normalized spacial score (nSPS) is 14.0. The largest absolute Gasteiger partial charge is 0.443 e. The van der Waals surface area contributed by atoms with E-state index < -0.39 is 11.4 Å². The van der Waals surface area contributed by atoms with Crippen LogP contribution in [-0.2, 0) is 17.9 Å². The molecule has 2 N–H and O–H groups in total. The number of carbonyl (C=O) groups is 2. The molecule has 10 nitrogen and oxygen atoms in total. The maximum absolute atomic E-state index is 13.5. The Balaban J connectivity index is 1.75. The monoisotopic (exact) mass is 643 g/mol. The fraction of sp³-hybridized carbons (Fsp3) is 0.457. The number of fused-ring (bicyclic) bond motifs is 1. The lowest BCUT2D eigenvalue weighted by atomic mass is 9.88. The lowest BCUT2D eigenvalue weighted by Gasteiger charge is -2.36. The molecule has 0 aliphatic heterocycles. The van der Waals surface area contributed by atoms with Gasteiger partial charge in [-0.25, -0.2) is 4.98 Å². The highest BCUT2D eigenvalue weighted by molar-refractivity contribution is 7.17. The standard InChI is InChI=1S/C35H45N7O3S/c1-22(34(5,6)7)38-18-23-11-12-26-25(15-23)39-32(40-30(43)29-14-13-28(46-29)27-19-37-21-45-27)42(26)20-35(8,9)41(10)31(44)24(17-36)16-33(2,3)4/h11-16,19,21-22,38H,18,20H2,1-10H3,(H,39,40,43)/b24-16+/t22-/m0/s1. The van der Waals surface area contributed by atoms with Crippen LogP contribution in [0.3, 0.4) is 0 Å². The third-order valence-electron chi connectivity index (χ3n) is 8.15. The molecule has 0 saturated heterocycles. The van der Waals surface area contributed by atoms with Crippen LogP contribution in [0, 0.1) is 22.2 Å². The van der Waals surface area contributed by atoms with Crippen LogP contribution in [0.25, 0.3) is 21.7 Å². The van der Waals surface area contributed by atoms with Gasteiger partial charge in [-0.05, 0) is 61.4 Å². The summed E-state index contributed by atoms with van der Waals surface area (Å²) in [4.78, 5) is 41.7. The quantitative estimate of drug-likeness (QED) is 0.154. The number of carbonyl (C=O) groups excluding carboxylic acids is 2. The van der Waals surface area contributed by atoms with Gasteiger partial charge in [0.15, 0.2) is 12.2 Å². The minimum atomic E-state index is -0.761. The maximum Gasteiger partial charge on any atom is 0.290 e. The number of aromatic amines is 1. The number of imidazole rings is 1. The summed E-state index contributed by atoms with van der Waals surface area (Å²) in [5.74, 6) is -0.185. The molecule has 11 heteroatoms. The molecule has 0 aliphatic carbocycles. The lowest BCUT2D eigenvalue weighted by Crippen LogP contribution is -2.49. The second kappa shape index (κ2) is 13.2. The van der Waals surface area contributed by atoms with Crippen molar-refractivity contribution in [3.8, 4) is 16.7 Å². The Morgan fingerprint density at radius 3 is 2.50 bits per heavy atom. The molecule has 4 rings (SSSR count). The van der Waals surface area contributed by atoms with Crippen molar-refractivity contribution in [1.82, 2.24) is 24.8 Å². The highest BCUT2D eigenvalue weighted by Gasteiger charge is 2.32. The van der Waals surface area contributed by atoms with Gasteiger partial charge in [0.1, 0.15) is 11.6 Å². The molecule has 3 aromatic heterocycles. The van der Waals surface area contributed by atoms with E-state index >= 15 is 0 Å². The number of allylic oxidation sites excluding steroid dienone is 1. The molecule has 244 valence electrons. The predicted molar refractivity (Wildman–Crippen MR) is 182 cm³/mol. The summed E-state index contributed by atoms with van der Waals surface area (Å²) in [7, 11) is 1.70. The SMILES string of the molecule is C[C@H](NCc1ccc2c(c1)[nH]/c(=N\C(=O)c1ccc(-c3cnco3)s1)n2CC(C)(C)N(C)C(=O)/C(C#N)=C/C(C)(C)C)C(C)(C)C. The molecule has 0 spiro atoms. The Kier molecular flexibility index (Phi) is 9.95. The van der Waals surface area contributed by atoms with Gasteiger partial charge in [-0.1, -0.05) is 53.7 Å². The highest BCUT2D eigenvalue weighted by Crippen LogP contribution is 2.28. The number of hydrogen-bond acceptors (Lipinski definition) is 7. The zero-order valence-electron chi connectivity index (χ0n) is 28.5. The molecule has 0 radical (unpaired) electrons. The first-order chi connectivity index (χ1) is 21.4. The number of amides is 2. The van der Waals surface area contributed by atoms with Crippen molar-refractivity contribution in [1.29, 1.82) is 5.26 Å². The molecular weight excluding hydrogens is 598 g/mol. The van der Waals surface area contributed by atoms with Gasteiger partial charge in [-0.15, -0.1) is 11.3 Å². The van der Waals surface area contributed by atoms with E-state index in [0.29, 0.717) is 35.4 Å². The number of rotatable bonds is 9. The first kappa shape index (κ1) is 34.6. The number of nitrogens with one attached hydrogen (secondary N) is 2. The van der Waals surface area contributed by atoms with E-state index in [4.69, 9.17) is 4.42 Å². The van der Waals surface area contributed by atoms with Crippen LogP contribution in [0.5, 0.6) is 0 Å². The zero-order chi connectivity index (χ0) is 34.0. The highest BCUT2D eigenvalue weighted by atomic mass is 32.1. The number of hydrogen-bond donors (Lipinski definition) is 2. The minimum absolute atomic E-state index is 0.0916. The van der Waals surface area contributed by atoms with Crippen LogP contribution in [0.15, 0.2) is 64.0 Å². The van der Waals surface area contributed by atoms with Crippen LogP contribution in [-0.4, -0.2) is 49.9 Å². The van der Waals surface area contributed by atoms with E-state index in [0.717, 1.165) is 21.5 Å². The van der Waals surface area contributed by atoms with Gasteiger partial charge in [0.25, 0.3) is 11.8 Å². The summed E-state index contributed by atoms with van der Waals surface area (Å²) >= 11 is 1.28. The van der Waals surface area contributed by atoms with Gasteiger partial charge in [-0.2, -0.15) is 10.3 Å². The van der Waals surface area contributed by atoms with Crippen LogP contribution in [0.2, 0.25) is 0 Å². The molecule has 1 aromatic carbocycles. The summed E-state index contributed by atoms with van der Waals surface area (Å²) in [6.45, 7) is 19.5. The van der Waals surface area contributed by atoms with Crippen molar-refractivity contribution in [3.05, 3.63) is 70.6 Å². The average molecular weight is 644 g/mol. The maximum atomic E-state index is 13.5. The van der Waals surface area contributed by atoms with Crippen molar-refractivity contribution in [2.24, 2.45) is 15.8 Å². The fourth-order valence-corrected chi connectivity index (χ4v) is 5.60. The van der Waals surface area contributed by atoms with Crippen molar-refractivity contribution < 1.29 is 14.0 Å². The molecule has 46 heavy (non-hydrogen) atoms. The zero-order valence-corrected chi connectivity index (χ0v) is 29.3. The van der Waals surface area contributed by atoms with E-state index in [1.807, 2.05) is 51.3 Å². The third-order valence-corrected chi connectivity index (χ3v) is 9.24. The Morgan fingerprint density at radius 2 is 1.89 bits per heavy atom.